The zero-order valence-corrected chi connectivity index (χ0v) is 7.78. The van der Waals surface area contributed by atoms with Crippen LogP contribution in [-0.2, 0) is 4.79 Å². The molecule has 72 valence electrons. The summed E-state index contributed by atoms with van der Waals surface area (Å²) in [6.45, 7) is 0.0147. The maximum atomic E-state index is 11.2. The molecule has 1 aliphatic heterocycles. The third kappa shape index (κ3) is 1.54. The third-order valence-corrected chi connectivity index (χ3v) is 2.00. The molecule has 3 amide bonds. The van der Waals surface area contributed by atoms with E-state index in [1.807, 2.05) is 0 Å². The Bertz CT molecular complexity index is 407. The van der Waals surface area contributed by atoms with Gasteiger partial charge in [-0.15, -0.1) is 0 Å². The first-order valence-electron chi connectivity index (χ1n) is 3.89. The van der Waals surface area contributed by atoms with Crippen molar-refractivity contribution in [2.45, 2.75) is 0 Å². The van der Waals surface area contributed by atoms with Gasteiger partial charge in [-0.25, -0.2) is 4.79 Å². The summed E-state index contributed by atoms with van der Waals surface area (Å²) in [7, 11) is 0. The summed E-state index contributed by atoms with van der Waals surface area (Å²) in [5, 5.41) is 2.59. The monoisotopic (exact) mass is 211 g/mol. The number of hydrogen-bond acceptors (Lipinski definition) is 3. The van der Waals surface area contributed by atoms with Crippen molar-refractivity contribution in [3.63, 3.8) is 0 Å². The number of urea groups is 1. The average Bonchev–Trinajstić information content (AvgIpc) is 2.45. The lowest BCUT2D eigenvalue weighted by atomic mass is 10.4. The molecule has 0 spiro atoms. The number of carbonyl (C=O) groups excluding carboxylic acids is 2. The van der Waals surface area contributed by atoms with Crippen molar-refractivity contribution in [1.29, 1.82) is 0 Å². The van der Waals surface area contributed by atoms with Gasteiger partial charge in [-0.3, -0.25) is 20.0 Å². The molecular formula is C8H6ClN3O2. The lowest BCUT2D eigenvalue weighted by molar-refractivity contribution is -0.117. The molecule has 0 saturated carbocycles. The van der Waals surface area contributed by atoms with Crippen LogP contribution in [0.1, 0.15) is 0 Å². The highest BCUT2D eigenvalue weighted by Gasteiger charge is 2.28. The van der Waals surface area contributed by atoms with E-state index in [-0.39, 0.29) is 12.5 Å². The zero-order valence-electron chi connectivity index (χ0n) is 7.03. The standard InChI is InChI=1S/C8H6ClN3O2/c9-5-1-6(3-10-2-5)12-4-7(13)11-8(12)14/h1-3H,4H2,(H,11,13,14). The van der Waals surface area contributed by atoms with Gasteiger partial charge in [-0.1, -0.05) is 11.6 Å². The molecule has 0 unspecified atom stereocenters. The molecule has 5 nitrogen and oxygen atoms in total. The molecule has 14 heavy (non-hydrogen) atoms. The second-order valence-corrected chi connectivity index (χ2v) is 3.24. The van der Waals surface area contributed by atoms with Gasteiger partial charge in [0.05, 0.1) is 16.9 Å². The van der Waals surface area contributed by atoms with Crippen molar-refractivity contribution in [3.05, 3.63) is 23.5 Å². The van der Waals surface area contributed by atoms with Crippen LogP contribution in [0.3, 0.4) is 0 Å². The van der Waals surface area contributed by atoms with Crippen LogP contribution in [0.4, 0.5) is 10.5 Å². The van der Waals surface area contributed by atoms with Gasteiger partial charge in [0, 0.05) is 6.20 Å². The second-order valence-electron chi connectivity index (χ2n) is 2.80. The fourth-order valence-corrected chi connectivity index (χ4v) is 1.37. The number of halogens is 1. The van der Waals surface area contributed by atoms with Gasteiger partial charge in [-0.2, -0.15) is 0 Å². The molecule has 0 radical (unpaired) electrons. The Morgan fingerprint density at radius 3 is 2.79 bits per heavy atom. The summed E-state index contributed by atoms with van der Waals surface area (Å²) >= 11 is 5.70. The number of nitrogens with one attached hydrogen (secondary N) is 1. The number of aromatic nitrogens is 1. The smallest absolute Gasteiger partial charge is 0.283 e. The molecule has 6 heteroatoms. The fourth-order valence-electron chi connectivity index (χ4n) is 1.20. The lowest BCUT2D eigenvalue weighted by Gasteiger charge is -2.11. The molecular weight excluding hydrogens is 206 g/mol. The second kappa shape index (κ2) is 3.26. The number of rotatable bonds is 1. The van der Waals surface area contributed by atoms with Gasteiger partial charge in [-0.05, 0) is 6.07 Å². The van der Waals surface area contributed by atoms with Crippen LogP contribution in [0.25, 0.3) is 0 Å². The number of anilines is 1. The third-order valence-electron chi connectivity index (χ3n) is 1.80. The van der Waals surface area contributed by atoms with E-state index in [0.717, 1.165) is 0 Å². The van der Waals surface area contributed by atoms with Crippen LogP contribution in [0.15, 0.2) is 18.5 Å². The maximum Gasteiger partial charge on any atom is 0.329 e. The van der Waals surface area contributed by atoms with Crippen LogP contribution in [0, 0.1) is 0 Å². The number of nitrogens with zero attached hydrogens (tertiary/aromatic N) is 2. The summed E-state index contributed by atoms with van der Waals surface area (Å²) in [5.41, 5.74) is 0.515. The predicted octanol–water partition coefficient (Wildman–Crippen LogP) is 0.791. The van der Waals surface area contributed by atoms with E-state index in [4.69, 9.17) is 11.6 Å². The molecule has 1 fully saturated rings. The van der Waals surface area contributed by atoms with Crippen molar-refractivity contribution < 1.29 is 9.59 Å². The van der Waals surface area contributed by atoms with Gasteiger partial charge in [0.15, 0.2) is 0 Å². The van der Waals surface area contributed by atoms with E-state index in [1.165, 1.54) is 17.3 Å². The first-order chi connectivity index (χ1) is 6.66. The molecule has 2 heterocycles. The number of imide groups is 1. The van der Waals surface area contributed by atoms with E-state index < -0.39 is 6.03 Å². The minimum absolute atomic E-state index is 0.0147. The molecule has 1 N–H and O–H groups in total. The van der Waals surface area contributed by atoms with E-state index in [0.29, 0.717) is 10.7 Å². The van der Waals surface area contributed by atoms with Crippen LogP contribution in [-0.4, -0.2) is 23.5 Å². The number of hydrogen-bond donors (Lipinski definition) is 1. The van der Waals surface area contributed by atoms with E-state index >= 15 is 0 Å². The van der Waals surface area contributed by atoms with Gasteiger partial charge >= 0.3 is 6.03 Å². The van der Waals surface area contributed by atoms with Crippen molar-refractivity contribution in [3.8, 4) is 0 Å². The minimum Gasteiger partial charge on any atom is -0.283 e. The van der Waals surface area contributed by atoms with Crippen LogP contribution in [0.5, 0.6) is 0 Å². The van der Waals surface area contributed by atoms with Gasteiger partial charge in [0.25, 0.3) is 0 Å². The highest BCUT2D eigenvalue weighted by molar-refractivity contribution is 6.30. The first kappa shape index (κ1) is 8.96. The Morgan fingerprint density at radius 1 is 1.43 bits per heavy atom. The molecule has 0 aromatic carbocycles. The van der Waals surface area contributed by atoms with Gasteiger partial charge in [0.1, 0.15) is 6.54 Å². The molecule has 1 aliphatic rings. The molecule has 2 rings (SSSR count). The molecule has 0 aliphatic carbocycles. The zero-order chi connectivity index (χ0) is 10.1. The molecule has 1 aromatic heterocycles. The van der Waals surface area contributed by atoms with Crippen LogP contribution < -0.4 is 10.2 Å². The Morgan fingerprint density at radius 2 is 2.21 bits per heavy atom. The maximum absolute atomic E-state index is 11.2. The molecule has 0 bridgehead atoms. The summed E-state index contributed by atoms with van der Waals surface area (Å²) < 4.78 is 0. The normalized spacial score (nSPS) is 15.9. The minimum atomic E-state index is -0.445. The highest BCUT2D eigenvalue weighted by atomic mass is 35.5. The Labute approximate surface area is 84.7 Å². The number of pyridine rings is 1. The molecule has 1 saturated heterocycles. The Balaban J connectivity index is 2.31. The van der Waals surface area contributed by atoms with Gasteiger partial charge < -0.3 is 0 Å². The average molecular weight is 212 g/mol. The largest absolute Gasteiger partial charge is 0.329 e. The van der Waals surface area contributed by atoms with E-state index in [2.05, 4.69) is 10.3 Å². The van der Waals surface area contributed by atoms with Crippen LogP contribution >= 0.6 is 11.6 Å². The van der Waals surface area contributed by atoms with Crippen molar-refractivity contribution in [2.75, 3.05) is 11.4 Å². The highest BCUT2D eigenvalue weighted by Crippen LogP contribution is 2.19. The van der Waals surface area contributed by atoms with Crippen molar-refractivity contribution in [2.24, 2.45) is 0 Å². The SMILES string of the molecule is O=C1CN(c2cncc(Cl)c2)C(=O)N1. The Hall–Kier alpha value is -1.62. The Kier molecular flexibility index (Phi) is 2.09. The summed E-state index contributed by atoms with van der Waals surface area (Å²) in [4.78, 5) is 27.2. The summed E-state index contributed by atoms with van der Waals surface area (Å²) in [6.07, 6.45) is 2.94. The fraction of sp³-hybridized carbons (Fsp3) is 0.125. The predicted molar refractivity (Wildman–Crippen MR) is 50.1 cm³/mol. The summed E-state index contributed by atoms with van der Waals surface area (Å²) in [5.74, 6) is -0.324. The number of carbonyl (C=O) groups is 2. The van der Waals surface area contributed by atoms with E-state index in [9.17, 15) is 9.59 Å². The summed E-state index contributed by atoms with van der Waals surface area (Å²) in [6, 6.07) is 1.13. The molecule has 0 atom stereocenters. The van der Waals surface area contributed by atoms with Crippen LogP contribution in [0.2, 0.25) is 5.02 Å². The lowest BCUT2D eigenvalue weighted by Crippen LogP contribution is -2.27. The topological polar surface area (TPSA) is 62.3 Å². The van der Waals surface area contributed by atoms with Crippen molar-refractivity contribution >= 4 is 29.2 Å². The van der Waals surface area contributed by atoms with Gasteiger partial charge in [0.2, 0.25) is 5.91 Å². The number of amides is 3. The van der Waals surface area contributed by atoms with Crippen molar-refractivity contribution in [1.82, 2.24) is 10.3 Å². The van der Waals surface area contributed by atoms with E-state index in [1.54, 1.807) is 6.07 Å². The molecule has 1 aromatic rings. The quantitative estimate of drug-likeness (QED) is 0.699. The first-order valence-corrected chi connectivity index (χ1v) is 4.26.